The first-order valence-corrected chi connectivity index (χ1v) is 9.83. The molecule has 0 aromatic carbocycles. The number of fused-ring (bicyclic) bond motifs is 1. The lowest BCUT2D eigenvalue weighted by Crippen LogP contribution is -2.44. The first-order chi connectivity index (χ1) is 13.1. The van der Waals surface area contributed by atoms with Gasteiger partial charge in [0.05, 0.1) is 5.39 Å². The molecule has 2 fully saturated rings. The summed E-state index contributed by atoms with van der Waals surface area (Å²) in [6.07, 6.45) is 10.1. The molecule has 0 radical (unpaired) electrons. The van der Waals surface area contributed by atoms with Crippen molar-refractivity contribution in [3.63, 3.8) is 0 Å². The van der Waals surface area contributed by atoms with Gasteiger partial charge < -0.3 is 10.2 Å². The highest BCUT2D eigenvalue weighted by molar-refractivity contribution is 5.90. The lowest BCUT2D eigenvalue weighted by atomic mass is 10.1. The third-order valence-electron chi connectivity index (χ3n) is 5.57. The van der Waals surface area contributed by atoms with Gasteiger partial charge in [-0.3, -0.25) is 14.8 Å². The first-order valence-electron chi connectivity index (χ1n) is 9.83. The maximum atomic E-state index is 12.5. The van der Waals surface area contributed by atoms with Gasteiger partial charge in [0.2, 0.25) is 5.91 Å². The smallest absolute Gasteiger partial charge is 0.246 e. The molecule has 2 aromatic heterocycles. The number of aromatic nitrogens is 3. The molecule has 1 saturated carbocycles. The summed E-state index contributed by atoms with van der Waals surface area (Å²) in [6.45, 7) is 4.43. The standard InChI is InChI=1S/C20H28N6O/c1-14-9-10-21-19-18(14)20(24-23-19)22-15-5-3-12-26(13-15)17(27)6-4-11-25(2)16-7-8-16/h4,6,9-10,15-16H,3,5,7-8,11-13H2,1-2H3,(H2,21,22,23,24)/b6-4+. The van der Waals surface area contributed by atoms with Gasteiger partial charge in [0.25, 0.3) is 0 Å². The van der Waals surface area contributed by atoms with Crippen molar-refractivity contribution in [1.82, 2.24) is 25.0 Å². The molecular formula is C20H28N6O. The summed E-state index contributed by atoms with van der Waals surface area (Å²) in [5, 5.41) is 11.9. The number of anilines is 1. The Morgan fingerprint density at radius 3 is 3.11 bits per heavy atom. The van der Waals surface area contributed by atoms with E-state index in [1.165, 1.54) is 12.8 Å². The van der Waals surface area contributed by atoms with Crippen molar-refractivity contribution in [2.45, 2.75) is 44.7 Å². The second kappa shape index (κ2) is 7.68. The van der Waals surface area contributed by atoms with Crippen LogP contribution in [0.5, 0.6) is 0 Å². The van der Waals surface area contributed by atoms with Crippen LogP contribution in [0, 0.1) is 6.92 Å². The number of hydrogen-bond acceptors (Lipinski definition) is 5. The molecule has 1 aliphatic heterocycles. The highest BCUT2D eigenvalue weighted by Gasteiger charge is 2.26. The van der Waals surface area contributed by atoms with Gasteiger partial charge in [-0.2, -0.15) is 5.10 Å². The van der Waals surface area contributed by atoms with Crippen molar-refractivity contribution in [3.8, 4) is 0 Å². The minimum atomic E-state index is 0.107. The lowest BCUT2D eigenvalue weighted by Gasteiger charge is -2.32. The van der Waals surface area contributed by atoms with Crippen LogP contribution in [0.3, 0.4) is 0 Å². The van der Waals surface area contributed by atoms with Crippen molar-refractivity contribution in [1.29, 1.82) is 0 Å². The molecule has 4 rings (SSSR count). The second-order valence-corrected chi connectivity index (χ2v) is 7.76. The van der Waals surface area contributed by atoms with Crippen LogP contribution in [0.4, 0.5) is 5.82 Å². The molecule has 0 bridgehead atoms. The number of carbonyl (C=O) groups excluding carboxylic acids is 1. The molecule has 1 aliphatic carbocycles. The number of piperidine rings is 1. The molecule has 1 amide bonds. The van der Waals surface area contributed by atoms with E-state index in [-0.39, 0.29) is 11.9 Å². The number of nitrogens with zero attached hydrogens (tertiary/aromatic N) is 4. The fourth-order valence-corrected chi connectivity index (χ4v) is 3.79. The number of nitrogens with one attached hydrogen (secondary N) is 2. The molecule has 1 atom stereocenters. The Morgan fingerprint density at radius 1 is 1.44 bits per heavy atom. The number of aryl methyl sites for hydroxylation is 1. The number of hydrogen-bond donors (Lipinski definition) is 2. The number of likely N-dealkylation sites (N-methyl/N-ethyl adjacent to an activating group) is 1. The van der Waals surface area contributed by atoms with Crippen molar-refractivity contribution in [2.75, 3.05) is 32.0 Å². The summed E-state index contributed by atoms with van der Waals surface area (Å²) in [4.78, 5) is 21.1. The van der Waals surface area contributed by atoms with Crippen molar-refractivity contribution in [3.05, 3.63) is 30.0 Å². The Kier molecular flexibility index (Phi) is 5.11. The Bertz CT molecular complexity index is 840. The maximum absolute atomic E-state index is 12.5. The van der Waals surface area contributed by atoms with Crippen LogP contribution < -0.4 is 5.32 Å². The molecule has 2 aliphatic rings. The molecule has 7 heteroatoms. The van der Waals surface area contributed by atoms with Gasteiger partial charge in [-0.15, -0.1) is 0 Å². The van der Waals surface area contributed by atoms with E-state index in [2.05, 4.69) is 39.4 Å². The topological polar surface area (TPSA) is 77.1 Å². The van der Waals surface area contributed by atoms with Gasteiger partial charge in [0.15, 0.2) is 11.5 Å². The third-order valence-corrected chi connectivity index (χ3v) is 5.57. The Labute approximate surface area is 159 Å². The number of rotatable bonds is 6. The van der Waals surface area contributed by atoms with E-state index in [4.69, 9.17) is 0 Å². The fourth-order valence-electron chi connectivity index (χ4n) is 3.79. The van der Waals surface area contributed by atoms with E-state index in [0.29, 0.717) is 6.54 Å². The second-order valence-electron chi connectivity index (χ2n) is 7.76. The van der Waals surface area contributed by atoms with Gasteiger partial charge in [-0.05, 0) is 51.3 Å². The zero-order chi connectivity index (χ0) is 18.8. The van der Waals surface area contributed by atoms with Gasteiger partial charge >= 0.3 is 0 Å². The van der Waals surface area contributed by atoms with Crippen molar-refractivity contribution in [2.24, 2.45) is 0 Å². The van der Waals surface area contributed by atoms with Crippen LogP contribution in [0.25, 0.3) is 11.0 Å². The monoisotopic (exact) mass is 368 g/mol. The minimum absolute atomic E-state index is 0.107. The predicted molar refractivity (Wildman–Crippen MR) is 107 cm³/mol. The van der Waals surface area contributed by atoms with E-state index in [1.54, 1.807) is 12.3 Å². The zero-order valence-corrected chi connectivity index (χ0v) is 16.1. The van der Waals surface area contributed by atoms with E-state index < -0.39 is 0 Å². The van der Waals surface area contributed by atoms with Gasteiger partial charge in [-0.25, -0.2) is 4.98 Å². The predicted octanol–water partition coefficient (Wildman–Crippen LogP) is 2.32. The van der Waals surface area contributed by atoms with Gasteiger partial charge in [0, 0.05) is 44.0 Å². The number of pyridine rings is 1. The van der Waals surface area contributed by atoms with Gasteiger partial charge in [-0.1, -0.05) is 6.08 Å². The zero-order valence-electron chi connectivity index (χ0n) is 16.1. The maximum Gasteiger partial charge on any atom is 0.246 e. The fraction of sp³-hybridized carbons (Fsp3) is 0.550. The summed E-state index contributed by atoms with van der Waals surface area (Å²) < 4.78 is 0. The van der Waals surface area contributed by atoms with E-state index in [9.17, 15) is 4.79 Å². The highest BCUT2D eigenvalue weighted by Crippen LogP contribution is 2.25. The molecule has 1 saturated heterocycles. The van der Waals surface area contributed by atoms with E-state index in [0.717, 1.165) is 54.4 Å². The van der Waals surface area contributed by atoms with E-state index >= 15 is 0 Å². The SMILES string of the molecule is Cc1ccnc2[nH]nc(NC3CCCN(C(=O)/C=C/CN(C)C4CC4)C3)c12. The van der Waals surface area contributed by atoms with Crippen LogP contribution in [-0.4, -0.2) is 69.7 Å². The molecule has 3 heterocycles. The Morgan fingerprint density at radius 2 is 2.30 bits per heavy atom. The average molecular weight is 368 g/mol. The molecular weight excluding hydrogens is 340 g/mol. The number of H-pyrrole nitrogens is 1. The summed E-state index contributed by atoms with van der Waals surface area (Å²) in [5.41, 5.74) is 1.94. The highest BCUT2D eigenvalue weighted by atomic mass is 16.2. The van der Waals surface area contributed by atoms with Gasteiger partial charge in [0.1, 0.15) is 0 Å². The molecule has 7 nitrogen and oxygen atoms in total. The van der Waals surface area contributed by atoms with Crippen molar-refractivity contribution < 1.29 is 4.79 Å². The summed E-state index contributed by atoms with van der Waals surface area (Å²) in [6, 6.07) is 2.91. The summed E-state index contributed by atoms with van der Waals surface area (Å²) in [5.74, 6) is 0.937. The molecule has 0 spiro atoms. The minimum Gasteiger partial charge on any atom is -0.364 e. The van der Waals surface area contributed by atoms with Crippen LogP contribution in [0.1, 0.15) is 31.2 Å². The van der Waals surface area contributed by atoms with E-state index in [1.807, 2.05) is 17.0 Å². The largest absolute Gasteiger partial charge is 0.364 e. The first kappa shape index (κ1) is 18.0. The van der Waals surface area contributed by atoms with Crippen LogP contribution in [0.15, 0.2) is 24.4 Å². The molecule has 1 unspecified atom stereocenters. The normalized spacial score (nSPS) is 20.7. The molecule has 2 aromatic rings. The molecule has 144 valence electrons. The van der Waals surface area contributed by atoms with Crippen LogP contribution >= 0.6 is 0 Å². The third kappa shape index (κ3) is 4.13. The van der Waals surface area contributed by atoms with Crippen LogP contribution in [-0.2, 0) is 4.79 Å². The molecule has 27 heavy (non-hydrogen) atoms. The lowest BCUT2D eigenvalue weighted by molar-refractivity contribution is -0.127. The Balaban J connectivity index is 1.36. The number of amides is 1. The van der Waals surface area contributed by atoms with Crippen LogP contribution in [0.2, 0.25) is 0 Å². The number of likely N-dealkylation sites (tertiary alicyclic amines) is 1. The quantitative estimate of drug-likeness (QED) is 0.765. The van der Waals surface area contributed by atoms with Crippen molar-refractivity contribution >= 4 is 22.8 Å². The average Bonchev–Trinajstić information content (AvgIpc) is 3.44. The number of aromatic amines is 1. The number of carbonyl (C=O) groups is 1. The summed E-state index contributed by atoms with van der Waals surface area (Å²) >= 11 is 0. The summed E-state index contributed by atoms with van der Waals surface area (Å²) in [7, 11) is 2.12. The molecule has 2 N–H and O–H groups in total. The Hall–Kier alpha value is -2.41.